The Morgan fingerprint density at radius 1 is 1.17 bits per heavy atom. The van der Waals surface area contributed by atoms with E-state index in [1.54, 1.807) is 42.6 Å². The summed E-state index contributed by atoms with van der Waals surface area (Å²) < 4.78 is 58.9. The van der Waals surface area contributed by atoms with Crippen molar-refractivity contribution < 1.29 is 26.7 Å². The van der Waals surface area contributed by atoms with Gasteiger partial charge in [-0.2, -0.15) is 0 Å². The van der Waals surface area contributed by atoms with E-state index in [9.17, 15) is 22.0 Å². The van der Waals surface area contributed by atoms with Gasteiger partial charge in [-0.25, -0.2) is 35.9 Å². The zero-order valence-electron chi connectivity index (χ0n) is 19.5. The molecule has 36 heavy (non-hydrogen) atoms. The SMILES string of the molecule is Cc1nc2cnc3c(ccn3S(=O)(=O)c3ccccc3)c2n1C1CCC(NC(=O)OCC(F)F)CC1. The fourth-order valence-corrected chi connectivity index (χ4v) is 6.26. The van der Waals surface area contributed by atoms with Crippen LogP contribution in [0.1, 0.15) is 37.5 Å². The molecule has 0 bridgehead atoms. The summed E-state index contributed by atoms with van der Waals surface area (Å²) in [6, 6.07) is 9.85. The number of aromatic nitrogens is 4. The van der Waals surface area contributed by atoms with Crippen molar-refractivity contribution in [3.63, 3.8) is 0 Å². The molecule has 0 atom stereocenters. The summed E-state index contributed by atoms with van der Waals surface area (Å²) in [6.45, 7) is 0.973. The van der Waals surface area contributed by atoms with Gasteiger partial charge in [-0.3, -0.25) is 0 Å². The third kappa shape index (κ3) is 4.41. The van der Waals surface area contributed by atoms with Crippen LogP contribution < -0.4 is 5.32 Å². The number of hydrogen-bond acceptors (Lipinski definition) is 6. The lowest BCUT2D eigenvalue weighted by Gasteiger charge is -2.30. The average Bonchev–Trinajstić information content (AvgIpc) is 3.45. The maximum Gasteiger partial charge on any atom is 0.407 e. The molecule has 0 spiro atoms. The number of halogens is 2. The molecule has 0 radical (unpaired) electrons. The predicted octanol–water partition coefficient (Wildman–Crippen LogP) is 4.41. The largest absolute Gasteiger partial charge is 0.443 e. The minimum atomic E-state index is -3.83. The Balaban J connectivity index is 1.43. The standard InChI is InChI=1S/C24H25F2N5O4S/c1-15-28-20-13-27-23-19(11-12-30(23)36(33,34)18-5-3-2-4-6-18)22(20)31(15)17-9-7-16(8-10-17)29-24(32)35-14-21(25)26/h2-6,11-13,16-17,21H,7-10,14H2,1H3,(H,29,32). The molecule has 1 aliphatic rings. The van der Waals surface area contributed by atoms with Gasteiger partial charge >= 0.3 is 6.09 Å². The Labute approximate surface area is 206 Å². The Morgan fingerprint density at radius 3 is 2.58 bits per heavy atom. The lowest BCUT2D eigenvalue weighted by molar-refractivity contribution is 0.0467. The predicted molar refractivity (Wildman–Crippen MR) is 129 cm³/mol. The summed E-state index contributed by atoms with van der Waals surface area (Å²) in [5.41, 5.74) is 1.81. The van der Waals surface area contributed by atoms with Gasteiger partial charge in [-0.1, -0.05) is 18.2 Å². The molecule has 1 aliphatic carbocycles. The fraction of sp³-hybridized carbons (Fsp3) is 0.375. The van der Waals surface area contributed by atoms with Gasteiger partial charge in [0.05, 0.1) is 16.6 Å². The lowest BCUT2D eigenvalue weighted by Crippen LogP contribution is -2.38. The van der Waals surface area contributed by atoms with Gasteiger partial charge in [0.25, 0.3) is 16.4 Å². The van der Waals surface area contributed by atoms with E-state index in [0.29, 0.717) is 29.4 Å². The van der Waals surface area contributed by atoms with Crippen molar-refractivity contribution in [3.05, 3.63) is 54.6 Å². The number of fused-ring (bicyclic) bond motifs is 3. The molecule has 4 aromatic rings. The molecule has 0 aliphatic heterocycles. The Kier molecular flexibility index (Phi) is 6.37. The summed E-state index contributed by atoms with van der Waals surface area (Å²) in [5, 5.41) is 3.34. The Bertz CT molecular complexity index is 1510. The normalized spacial score (nSPS) is 18.7. The number of imidazole rings is 1. The number of pyridine rings is 1. The summed E-state index contributed by atoms with van der Waals surface area (Å²) in [4.78, 5) is 21.0. The average molecular weight is 518 g/mol. The monoisotopic (exact) mass is 517 g/mol. The first-order chi connectivity index (χ1) is 17.3. The number of carbonyl (C=O) groups excluding carboxylic acids is 1. The molecule has 3 heterocycles. The molecule has 0 saturated heterocycles. The second-order valence-corrected chi connectivity index (χ2v) is 10.6. The van der Waals surface area contributed by atoms with E-state index < -0.39 is 29.1 Å². The number of carbonyl (C=O) groups is 1. The smallest absolute Gasteiger partial charge is 0.407 e. The number of nitrogens with zero attached hydrogens (tertiary/aromatic N) is 4. The molecule has 1 amide bonds. The van der Waals surface area contributed by atoms with Gasteiger partial charge in [-0.15, -0.1) is 0 Å². The minimum absolute atomic E-state index is 0.0739. The minimum Gasteiger partial charge on any atom is -0.443 e. The van der Waals surface area contributed by atoms with Gasteiger partial charge in [0, 0.05) is 23.7 Å². The number of rotatable bonds is 6. The van der Waals surface area contributed by atoms with E-state index in [1.807, 2.05) is 6.92 Å². The highest BCUT2D eigenvalue weighted by Crippen LogP contribution is 2.35. The maximum absolute atomic E-state index is 13.3. The lowest BCUT2D eigenvalue weighted by atomic mass is 9.91. The van der Waals surface area contributed by atoms with Crippen LogP contribution in [0.15, 0.2) is 53.7 Å². The van der Waals surface area contributed by atoms with Crippen LogP contribution in [0.5, 0.6) is 0 Å². The van der Waals surface area contributed by atoms with Crippen LogP contribution in [-0.4, -0.2) is 52.1 Å². The van der Waals surface area contributed by atoms with E-state index >= 15 is 0 Å². The summed E-state index contributed by atoms with van der Waals surface area (Å²) >= 11 is 0. The first-order valence-electron chi connectivity index (χ1n) is 11.6. The quantitative estimate of drug-likeness (QED) is 0.406. The zero-order chi connectivity index (χ0) is 25.4. The third-order valence-corrected chi connectivity index (χ3v) is 8.21. The van der Waals surface area contributed by atoms with Gasteiger partial charge < -0.3 is 14.6 Å². The van der Waals surface area contributed by atoms with Crippen LogP contribution in [0.2, 0.25) is 0 Å². The Morgan fingerprint density at radius 2 is 1.89 bits per heavy atom. The summed E-state index contributed by atoms with van der Waals surface area (Å²) in [6.07, 6.45) is 2.29. The molecule has 1 saturated carbocycles. The highest BCUT2D eigenvalue weighted by molar-refractivity contribution is 7.90. The van der Waals surface area contributed by atoms with Gasteiger partial charge in [-0.05, 0) is 50.8 Å². The molecular formula is C24H25F2N5O4S. The molecule has 5 rings (SSSR count). The number of hydrogen-bond donors (Lipinski definition) is 1. The number of aryl methyl sites for hydroxylation is 1. The summed E-state index contributed by atoms with van der Waals surface area (Å²) in [5.74, 6) is 0.783. The third-order valence-electron chi connectivity index (χ3n) is 6.53. The van der Waals surface area contributed by atoms with E-state index in [1.165, 1.54) is 10.2 Å². The molecule has 0 unspecified atom stereocenters. The van der Waals surface area contributed by atoms with Crippen molar-refractivity contribution in [2.24, 2.45) is 0 Å². The van der Waals surface area contributed by atoms with Gasteiger partial charge in [0.2, 0.25) is 0 Å². The van der Waals surface area contributed by atoms with Crippen LogP contribution in [0, 0.1) is 6.92 Å². The van der Waals surface area contributed by atoms with Crippen molar-refractivity contribution in [1.82, 2.24) is 23.8 Å². The fourth-order valence-electron chi connectivity index (χ4n) is 4.94. The molecule has 1 N–H and O–H groups in total. The number of nitrogens with one attached hydrogen (secondary N) is 1. The number of amides is 1. The highest BCUT2D eigenvalue weighted by Gasteiger charge is 2.28. The topological polar surface area (TPSA) is 108 Å². The molecular weight excluding hydrogens is 492 g/mol. The van der Waals surface area contributed by atoms with E-state index in [2.05, 4.69) is 24.6 Å². The van der Waals surface area contributed by atoms with Crippen LogP contribution in [-0.2, 0) is 14.8 Å². The molecule has 9 nitrogen and oxygen atoms in total. The van der Waals surface area contributed by atoms with Crippen molar-refractivity contribution >= 4 is 38.2 Å². The number of ether oxygens (including phenoxy) is 1. The van der Waals surface area contributed by atoms with Gasteiger partial charge in [0.15, 0.2) is 12.3 Å². The second-order valence-electron chi connectivity index (χ2n) is 8.83. The number of benzene rings is 1. The van der Waals surface area contributed by atoms with Crippen LogP contribution >= 0.6 is 0 Å². The Hall–Kier alpha value is -3.54. The van der Waals surface area contributed by atoms with E-state index in [0.717, 1.165) is 24.2 Å². The second kappa shape index (κ2) is 9.49. The molecule has 190 valence electrons. The number of alkyl carbamates (subject to hydrolysis) is 1. The number of alkyl halides is 2. The molecule has 3 aromatic heterocycles. The van der Waals surface area contributed by atoms with Crippen molar-refractivity contribution in [1.29, 1.82) is 0 Å². The van der Waals surface area contributed by atoms with Crippen molar-refractivity contribution in [2.75, 3.05) is 6.61 Å². The summed E-state index contributed by atoms with van der Waals surface area (Å²) in [7, 11) is -3.83. The maximum atomic E-state index is 13.3. The first-order valence-corrected chi connectivity index (χ1v) is 13.1. The first kappa shape index (κ1) is 24.2. The van der Waals surface area contributed by atoms with Crippen molar-refractivity contribution in [3.8, 4) is 0 Å². The van der Waals surface area contributed by atoms with Crippen LogP contribution in [0.3, 0.4) is 0 Å². The molecule has 1 aromatic carbocycles. The van der Waals surface area contributed by atoms with E-state index in [4.69, 9.17) is 0 Å². The van der Waals surface area contributed by atoms with Crippen LogP contribution in [0.25, 0.3) is 22.1 Å². The van der Waals surface area contributed by atoms with Gasteiger partial charge in [0.1, 0.15) is 11.3 Å². The highest BCUT2D eigenvalue weighted by atomic mass is 32.2. The van der Waals surface area contributed by atoms with Crippen molar-refractivity contribution in [2.45, 2.75) is 56.0 Å². The van der Waals surface area contributed by atoms with E-state index in [-0.39, 0.29) is 17.0 Å². The van der Waals surface area contributed by atoms with Crippen LogP contribution in [0.4, 0.5) is 13.6 Å². The molecule has 1 fully saturated rings. The molecule has 12 heteroatoms. The zero-order valence-corrected chi connectivity index (χ0v) is 20.3.